The first-order chi connectivity index (χ1) is 14.3. The van der Waals surface area contributed by atoms with Crippen molar-refractivity contribution in [3.8, 4) is 11.5 Å². The van der Waals surface area contributed by atoms with Crippen LogP contribution in [-0.2, 0) is 0 Å². The molecular formula is C20H20N2O8. The Bertz CT molecular complexity index is 955. The van der Waals surface area contributed by atoms with Crippen molar-refractivity contribution in [2.75, 3.05) is 7.11 Å². The molecule has 10 nitrogen and oxygen atoms in total. The number of nitro benzene ring substituents is 2. The number of nitro groups is 2. The summed E-state index contributed by atoms with van der Waals surface area (Å²) in [6.07, 6.45) is 2.87. The predicted octanol–water partition coefficient (Wildman–Crippen LogP) is 4.49. The molecule has 0 fully saturated rings. The van der Waals surface area contributed by atoms with Crippen LogP contribution in [0.2, 0.25) is 0 Å². The Balaban J connectivity index is 2.30. The monoisotopic (exact) mass is 416 g/mol. The van der Waals surface area contributed by atoms with Crippen LogP contribution in [0.1, 0.15) is 53.3 Å². The highest BCUT2D eigenvalue weighted by Gasteiger charge is 2.22. The van der Waals surface area contributed by atoms with Gasteiger partial charge in [-0.3, -0.25) is 25.0 Å². The summed E-state index contributed by atoms with van der Waals surface area (Å²) in [4.78, 5) is 45.2. The van der Waals surface area contributed by atoms with E-state index in [9.17, 15) is 29.8 Å². The van der Waals surface area contributed by atoms with E-state index in [0.717, 1.165) is 31.0 Å². The number of rotatable bonds is 10. The summed E-state index contributed by atoms with van der Waals surface area (Å²) >= 11 is 0. The van der Waals surface area contributed by atoms with Crippen LogP contribution < -0.4 is 9.47 Å². The average Bonchev–Trinajstić information content (AvgIpc) is 2.73. The lowest BCUT2D eigenvalue weighted by molar-refractivity contribution is -0.394. The second kappa shape index (κ2) is 10.1. The van der Waals surface area contributed by atoms with E-state index in [2.05, 4.69) is 0 Å². The highest BCUT2D eigenvalue weighted by molar-refractivity contribution is 5.99. The van der Waals surface area contributed by atoms with Gasteiger partial charge in [0.1, 0.15) is 11.5 Å². The maximum atomic E-state index is 12.5. The van der Waals surface area contributed by atoms with Crippen LogP contribution >= 0.6 is 0 Å². The van der Waals surface area contributed by atoms with Crippen LogP contribution in [0.4, 0.5) is 11.4 Å². The lowest BCUT2D eigenvalue weighted by Crippen LogP contribution is -2.11. The molecule has 0 atom stereocenters. The van der Waals surface area contributed by atoms with Crippen molar-refractivity contribution in [2.24, 2.45) is 0 Å². The predicted molar refractivity (Wildman–Crippen MR) is 106 cm³/mol. The topological polar surface area (TPSA) is 139 Å². The third-order valence-corrected chi connectivity index (χ3v) is 4.25. The highest BCUT2D eigenvalue weighted by atomic mass is 16.6. The zero-order valence-corrected chi connectivity index (χ0v) is 16.5. The van der Waals surface area contributed by atoms with E-state index in [0.29, 0.717) is 18.6 Å². The number of methoxy groups -OCH3 is 1. The van der Waals surface area contributed by atoms with Gasteiger partial charge in [-0.05, 0) is 24.6 Å². The van der Waals surface area contributed by atoms with Crippen molar-refractivity contribution in [2.45, 2.75) is 32.6 Å². The lowest BCUT2D eigenvalue weighted by atomic mass is 10.0. The van der Waals surface area contributed by atoms with Crippen molar-refractivity contribution < 1.29 is 28.9 Å². The molecule has 0 bridgehead atoms. The number of ketones is 1. The van der Waals surface area contributed by atoms with Gasteiger partial charge in [0.25, 0.3) is 11.4 Å². The molecular weight excluding hydrogens is 396 g/mol. The Morgan fingerprint density at radius 1 is 0.967 bits per heavy atom. The quantitative estimate of drug-likeness (QED) is 0.138. The van der Waals surface area contributed by atoms with Gasteiger partial charge in [-0.15, -0.1) is 0 Å². The summed E-state index contributed by atoms with van der Waals surface area (Å²) < 4.78 is 10.4. The molecule has 2 aromatic rings. The van der Waals surface area contributed by atoms with Crippen LogP contribution in [0.25, 0.3) is 0 Å². The zero-order valence-electron chi connectivity index (χ0n) is 16.5. The highest BCUT2D eigenvalue weighted by Crippen LogP contribution is 2.28. The maximum Gasteiger partial charge on any atom is 0.344 e. The van der Waals surface area contributed by atoms with Crippen molar-refractivity contribution in [3.63, 3.8) is 0 Å². The van der Waals surface area contributed by atoms with Gasteiger partial charge >= 0.3 is 5.97 Å². The van der Waals surface area contributed by atoms with Crippen molar-refractivity contribution in [3.05, 3.63) is 67.8 Å². The Morgan fingerprint density at radius 3 is 2.13 bits per heavy atom. The third kappa shape index (κ3) is 5.60. The van der Waals surface area contributed by atoms with E-state index in [1.165, 1.54) is 25.3 Å². The van der Waals surface area contributed by atoms with Gasteiger partial charge in [0, 0.05) is 18.6 Å². The first kappa shape index (κ1) is 22.5. The number of hydrogen-bond donors (Lipinski definition) is 0. The molecule has 0 saturated heterocycles. The lowest BCUT2D eigenvalue weighted by Gasteiger charge is -2.10. The van der Waals surface area contributed by atoms with Gasteiger partial charge < -0.3 is 9.47 Å². The number of carbonyl (C=O) groups excluding carboxylic acids is 2. The molecule has 0 spiro atoms. The van der Waals surface area contributed by atoms with Crippen LogP contribution in [0, 0.1) is 20.2 Å². The molecule has 158 valence electrons. The molecule has 0 amide bonds. The fourth-order valence-corrected chi connectivity index (χ4v) is 2.73. The summed E-state index contributed by atoms with van der Waals surface area (Å²) in [5.74, 6) is -0.878. The van der Waals surface area contributed by atoms with Crippen LogP contribution in [0.3, 0.4) is 0 Å². The van der Waals surface area contributed by atoms with Crippen molar-refractivity contribution >= 4 is 23.1 Å². The second-order valence-corrected chi connectivity index (χ2v) is 6.38. The van der Waals surface area contributed by atoms with E-state index < -0.39 is 27.2 Å². The zero-order chi connectivity index (χ0) is 22.3. The number of carbonyl (C=O) groups is 2. The van der Waals surface area contributed by atoms with Gasteiger partial charge in [-0.1, -0.05) is 19.8 Å². The maximum absolute atomic E-state index is 12.5. The van der Waals surface area contributed by atoms with E-state index in [1.54, 1.807) is 0 Å². The fraction of sp³-hybridized carbons (Fsp3) is 0.300. The van der Waals surface area contributed by atoms with E-state index >= 15 is 0 Å². The summed E-state index contributed by atoms with van der Waals surface area (Å²) in [7, 11) is 1.41. The Hall–Kier alpha value is -3.82. The van der Waals surface area contributed by atoms with E-state index in [4.69, 9.17) is 9.47 Å². The summed E-state index contributed by atoms with van der Waals surface area (Å²) in [5.41, 5.74) is -1.35. The molecule has 10 heteroatoms. The first-order valence-electron chi connectivity index (χ1n) is 9.14. The number of esters is 1. The summed E-state index contributed by atoms with van der Waals surface area (Å²) in [6, 6.07) is 6.72. The van der Waals surface area contributed by atoms with Gasteiger partial charge in [-0.2, -0.15) is 0 Å². The standard InChI is InChI=1S/C20H20N2O8/c1-3-4-5-6-18(23)17-12-16(7-8-19(17)29-2)30-20(24)13-9-14(21(25)26)11-15(10-13)22(27)28/h7-12H,3-6H2,1-2H3. The minimum Gasteiger partial charge on any atom is -0.496 e. The number of nitrogens with zero attached hydrogens (tertiary/aromatic N) is 2. The molecule has 0 aliphatic heterocycles. The van der Waals surface area contributed by atoms with Crippen LogP contribution in [0.15, 0.2) is 36.4 Å². The molecule has 30 heavy (non-hydrogen) atoms. The van der Waals surface area contributed by atoms with Gasteiger partial charge in [0.2, 0.25) is 0 Å². The minimum atomic E-state index is -1.03. The van der Waals surface area contributed by atoms with Gasteiger partial charge in [0.15, 0.2) is 5.78 Å². The summed E-state index contributed by atoms with van der Waals surface area (Å²) in [6.45, 7) is 2.02. The number of non-ortho nitro benzene ring substituents is 2. The number of benzene rings is 2. The molecule has 0 aromatic heterocycles. The molecule has 0 aliphatic rings. The molecule has 0 heterocycles. The van der Waals surface area contributed by atoms with Crippen LogP contribution in [-0.4, -0.2) is 28.7 Å². The smallest absolute Gasteiger partial charge is 0.344 e. The summed E-state index contributed by atoms with van der Waals surface area (Å²) in [5, 5.41) is 22.0. The SMILES string of the molecule is CCCCCC(=O)c1cc(OC(=O)c2cc([N+](=O)[O-])cc([N+](=O)[O-])c2)ccc1OC. The fourth-order valence-electron chi connectivity index (χ4n) is 2.73. The molecule has 2 aromatic carbocycles. The van der Waals surface area contributed by atoms with Crippen molar-refractivity contribution in [1.82, 2.24) is 0 Å². The molecule has 0 N–H and O–H groups in total. The molecule has 0 radical (unpaired) electrons. The third-order valence-electron chi connectivity index (χ3n) is 4.25. The second-order valence-electron chi connectivity index (χ2n) is 6.38. The van der Waals surface area contributed by atoms with Crippen molar-refractivity contribution in [1.29, 1.82) is 0 Å². The van der Waals surface area contributed by atoms with E-state index in [-0.39, 0.29) is 22.7 Å². The molecule has 2 rings (SSSR count). The first-order valence-corrected chi connectivity index (χ1v) is 9.14. The molecule has 0 aliphatic carbocycles. The van der Waals surface area contributed by atoms with E-state index in [1.807, 2.05) is 6.92 Å². The molecule has 0 saturated carbocycles. The Labute approximate surface area is 171 Å². The number of Topliss-reactive ketones (excluding diaryl/α,β-unsaturated/α-hetero) is 1. The number of ether oxygens (including phenoxy) is 2. The van der Waals surface area contributed by atoms with Gasteiger partial charge in [0.05, 0.1) is 34.1 Å². The Morgan fingerprint density at radius 2 is 1.60 bits per heavy atom. The normalized spacial score (nSPS) is 10.3. The van der Waals surface area contributed by atoms with Gasteiger partial charge in [-0.25, -0.2) is 4.79 Å². The number of unbranched alkanes of at least 4 members (excludes halogenated alkanes) is 2. The van der Waals surface area contributed by atoms with Crippen LogP contribution in [0.5, 0.6) is 11.5 Å². The minimum absolute atomic E-state index is 0.00815. The molecule has 0 unspecified atom stereocenters. The number of hydrogen-bond acceptors (Lipinski definition) is 8. The largest absolute Gasteiger partial charge is 0.496 e. The average molecular weight is 416 g/mol. The Kier molecular flexibility index (Phi) is 7.56.